The van der Waals surface area contributed by atoms with Crippen LogP contribution in [0.1, 0.15) is 19.4 Å². The zero-order chi connectivity index (χ0) is 14.4. The Morgan fingerprint density at radius 3 is 2.75 bits per heavy atom. The quantitative estimate of drug-likeness (QED) is 0.802. The first-order valence-electron chi connectivity index (χ1n) is 6.53. The minimum atomic E-state index is 0.0536. The molecule has 0 aliphatic heterocycles. The molecule has 0 spiro atoms. The van der Waals surface area contributed by atoms with Gasteiger partial charge in [-0.05, 0) is 23.8 Å². The highest BCUT2D eigenvalue weighted by Crippen LogP contribution is 2.30. The summed E-state index contributed by atoms with van der Waals surface area (Å²) in [6.45, 7) is 4.05. The number of nitrogens with zero attached hydrogens (tertiary/aromatic N) is 3. The Hall–Kier alpha value is -1.85. The summed E-state index contributed by atoms with van der Waals surface area (Å²) in [6.07, 6.45) is 3.66. The van der Waals surface area contributed by atoms with Crippen molar-refractivity contribution in [2.75, 3.05) is 0 Å². The van der Waals surface area contributed by atoms with E-state index in [0.717, 1.165) is 21.0 Å². The average molecular weight is 287 g/mol. The molecule has 0 radical (unpaired) electrons. The number of aliphatic hydroxyl groups is 1. The third kappa shape index (κ3) is 3.18. The molecule has 0 saturated carbocycles. The molecule has 3 rings (SSSR count). The number of benzene rings is 1. The van der Waals surface area contributed by atoms with Gasteiger partial charge in [-0.15, -0.1) is 10.2 Å². The SMILES string of the molecule is CC.OCc1ccccc1Sc1ccc2nncn2c1. The van der Waals surface area contributed by atoms with Gasteiger partial charge in [-0.1, -0.05) is 43.8 Å². The Morgan fingerprint density at radius 2 is 1.95 bits per heavy atom. The van der Waals surface area contributed by atoms with Gasteiger partial charge in [0, 0.05) is 16.0 Å². The van der Waals surface area contributed by atoms with Gasteiger partial charge in [0.1, 0.15) is 6.33 Å². The molecular weight excluding hydrogens is 270 g/mol. The first-order valence-corrected chi connectivity index (χ1v) is 7.34. The summed E-state index contributed by atoms with van der Waals surface area (Å²) in [5, 5.41) is 17.1. The third-order valence-corrected chi connectivity index (χ3v) is 3.73. The maximum atomic E-state index is 9.30. The molecule has 5 heteroatoms. The van der Waals surface area contributed by atoms with Gasteiger partial charge in [-0.3, -0.25) is 4.40 Å². The van der Waals surface area contributed by atoms with Crippen LogP contribution >= 0.6 is 11.8 Å². The summed E-state index contributed by atoms with van der Waals surface area (Å²) < 4.78 is 1.88. The van der Waals surface area contributed by atoms with Crippen LogP contribution in [0.2, 0.25) is 0 Å². The highest BCUT2D eigenvalue weighted by atomic mass is 32.2. The second kappa shape index (κ2) is 7.07. The predicted molar refractivity (Wildman–Crippen MR) is 80.8 cm³/mol. The molecule has 0 aliphatic rings. The molecule has 4 nitrogen and oxygen atoms in total. The molecule has 104 valence electrons. The summed E-state index contributed by atoms with van der Waals surface area (Å²) in [5.41, 5.74) is 1.76. The number of fused-ring (bicyclic) bond motifs is 1. The second-order valence-electron chi connectivity index (χ2n) is 3.83. The Kier molecular flexibility index (Phi) is 5.15. The minimum absolute atomic E-state index is 0.0536. The lowest BCUT2D eigenvalue weighted by atomic mass is 10.2. The van der Waals surface area contributed by atoms with Crippen LogP contribution in [-0.2, 0) is 6.61 Å². The highest BCUT2D eigenvalue weighted by Gasteiger charge is 2.04. The molecule has 1 aromatic carbocycles. The monoisotopic (exact) mass is 287 g/mol. The molecule has 1 N–H and O–H groups in total. The van der Waals surface area contributed by atoms with Crippen molar-refractivity contribution in [3.63, 3.8) is 0 Å². The minimum Gasteiger partial charge on any atom is -0.392 e. The van der Waals surface area contributed by atoms with Gasteiger partial charge in [0.25, 0.3) is 0 Å². The normalized spacial score (nSPS) is 10.2. The van der Waals surface area contributed by atoms with Crippen molar-refractivity contribution in [3.8, 4) is 0 Å². The van der Waals surface area contributed by atoms with Crippen molar-refractivity contribution in [2.45, 2.75) is 30.2 Å². The van der Waals surface area contributed by atoms with E-state index in [4.69, 9.17) is 0 Å². The lowest BCUT2D eigenvalue weighted by Gasteiger charge is -2.06. The summed E-state index contributed by atoms with van der Waals surface area (Å²) in [7, 11) is 0. The van der Waals surface area contributed by atoms with Gasteiger partial charge in [-0.25, -0.2) is 0 Å². The molecule has 0 bridgehead atoms. The van der Waals surface area contributed by atoms with Gasteiger partial charge in [0.15, 0.2) is 5.65 Å². The van der Waals surface area contributed by atoms with Crippen LogP contribution in [0.15, 0.2) is 58.7 Å². The molecule has 2 aromatic heterocycles. The summed E-state index contributed by atoms with van der Waals surface area (Å²) in [6, 6.07) is 11.8. The number of hydrogen-bond acceptors (Lipinski definition) is 4. The van der Waals surface area contributed by atoms with Crippen LogP contribution in [0.4, 0.5) is 0 Å². The lowest BCUT2D eigenvalue weighted by Crippen LogP contribution is -1.88. The fourth-order valence-corrected chi connectivity index (χ4v) is 2.69. The van der Waals surface area contributed by atoms with Crippen LogP contribution < -0.4 is 0 Å². The Labute approximate surface area is 122 Å². The van der Waals surface area contributed by atoms with E-state index < -0.39 is 0 Å². The second-order valence-corrected chi connectivity index (χ2v) is 4.94. The largest absolute Gasteiger partial charge is 0.392 e. The predicted octanol–water partition coefficient (Wildman–Crippen LogP) is 3.40. The number of aliphatic hydroxyl groups excluding tert-OH is 1. The molecule has 2 heterocycles. The highest BCUT2D eigenvalue weighted by molar-refractivity contribution is 7.99. The number of rotatable bonds is 3. The molecule has 0 saturated heterocycles. The van der Waals surface area contributed by atoms with E-state index in [9.17, 15) is 5.11 Å². The molecule has 3 aromatic rings. The maximum absolute atomic E-state index is 9.30. The van der Waals surface area contributed by atoms with E-state index in [1.165, 1.54) is 0 Å². The topological polar surface area (TPSA) is 50.4 Å². The molecule has 0 atom stereocenters. The smallest absolute Gasteiger partial charge is 0.160 e. The van der Waals surface area contributed by atoms with Crippen LogP contribution in [-0.4, -0.2) is 19.7 Å². The van der Waals surface area contributed by atoms with Crippen molar-refractivity contribution in [1.29, 1.82) is 0 Å². The van der Waals surface area contributed by atoms with Crippen LogP contribution in [0.3, 0.4) is 0 Å². The van der Waals surface area contributed by atoms with E-state index in [2.05, 4.69) is 10.2 Å². The van der Waals surface area contributed by atoms with Crippen molar-refractivity contribution in [1.82, 2.24) is 14.6 Å². The summed E-state index contributed by atoms with van der Waals surface area (Å²) >= 11 is 1.62. The van der Waals surface area contributed by atoms with Gasteiger partial charge in [0.05, 0.1) is 6.61 Å². The van der Waals surface area contributed by atoms with E-state index >= 15 is 0 Å². The van der Waals surface area contributed by atoms with E-state index in [1.54, 1.807) is 18.1 Å². The number of aromatic nitrogens is 3. The van der Waals surface area contributed by atoms with E-state index in [0.29, 0.717) is 0 Å². The Balaban J connectivity index is 0.000000704. The van der Waals surface area contributed by atoms with Crippen LogP contribution in [0.5, 0.6) is 0 Å². The molecule has 20 heavy (non-hydrogen) atoms. The number of hydrogen-bond donors (Lipinski definition) is 1. The first-order chi connectivity index (χ1) is 9.86. The molecule has 0 amide bonds. The van der Waals surface area contributed by atoms with Gasteiger partial charge >= 0.3 is 0 Å². The average Bonchev–Trinajstić information content (AvgIpc) is 2.97. The van der Waals surface area contributed by atoms with Gasteiger partial charge in [0.2, 0.25) is 0 Å². The van der Waals surface area contributed by atoms with E-state index in [-0.39, 0.29) is 6.61 Å². The fraction of sp³-hybridized carbons (Fsp3) is 0.200. The van der Waals surface area contributed by atoms with Crippen molar-refractivity contribution >= 4 is 17.4 Å². The Bertz CT molecular complexity index is 681. The zero-order valence-electron chi connectivity index (χ0n) is 11.5. The van der Waals surface area contributed by atoms with E-state index in [1.807, 2.05) is 60.8 Å². The summed E-state index contributed by atoms with van der Waals surface area (Å²) in [5.74, 6) is 0. The van der Waals surface area contributed by atoms with Gasteiger partial charge < -0.3 is 5.11 Å². The molecule has 0 fully saturated rings. The summed E-state index contributed by atoms with van der Waals surface area (Å²) in [4.78, 5) is 2.15. The van der Waals surface area contributed by atoms with Crippen LogP contribution in [0, 0.1) is 0 Å². The fourth-order valence-electron chi connectivity index (χ4n) is 1.73. The third-order valence-electron chi connectivity index (χ3n) is 2.63. The maximum Gasteiger partial charge on any atom is 0.160 e. The number of pyridine rings is 1. The molecule has 0 aliphatic carbocycles. The van der Waals surface area contributed by atoms with Crippen molar-refractivity contribution < 1.29 is 5.11 Å². The lowest BCUT2D eigenvalue weighted by molar-refractivity contribution is 0.279. The molecule has 0 unspecified atom stereocenters. The van der Waals surface area contributed by atoms with Crippen LogP contribution in [0.25, 0.3) is 5.65 Å². The standard InChI is InChI=1S/C13H11N3OS.C2H6/c17-8-10-3-1-2-4-12(10)18-11-5-6-13-15-14-9-16(13)7-11;1-2/h1-7,9,17H,8H2;1-2H3. The van der Waals surface area contributed by atoms with Crippen molar-refractivity contribution in [3.05, 3.63) is 54.5 Å². The Morgan fingerprint density at radius 1 is 1.15 bits per heavy atom. The zero-order valence-corrected chi connectivity index (χ0v) is 12.3. The molecular formula is C15H17N3OS. The first kappa shape index (κ1) is 14.6. The van der Waals surface area contributed by atoms with Gasteiger partial charge in [-0.2, -0.15) is 0 Å². The van der Waals surface area contributed by atoms with Crippen molar-refractivity contribution in [2.24, 2.45) is 0 Å².